The number of guanidine groups is 1. The van der Waals surface area contributed by atoms with Gasteiger partial charge in [-0.2, -0.15) is 0 Å². The van der Waals surface area contributed by atoms with Crippen molar-refractivity contribution in [1.29, 1.82) is 0 Å². The van der Waals surface area contributed by atoms with Gasteiger partial charge in [0.2, 0.25) is 0 Å². The van der Waals surface area contributed by atoms with E-state index in [-0.39, 0.29) is 29.4 Å². The number of hydrogen-bond acceptors (Lipinski definition) is 3. The fourth-order valence-corrected chi connectivity index (χ4v) is 4.12. The van der Waals surface area contributed by atoms with Gasteiger partial charge in [-0.05, 0) is 36.5 Å². The number of halogens is 1. The number of benzene rings is 2. The Morgan fingerprint density at radius 2 is 1.74 bits per heavy atom. The van der Waals surface area contributed by atoms with Gasteiger partial charge in [-0.25, -0.2) is 4.99 Å². The molecule has 0 atom stereocenters. The first-order valence-corrected chi connectivity index (χ1v) is 11.2. The molecule has 6 heteroatoms. The maximum atomic E-state index is 5.46. The zero-order chi connectivity index (χ0) is 20.7. The average molecular weight is 534 g/mol. The quantitative estimate of drug-likeness (QED) is 0.306. The Balaban J connectivity index is 0.00000272. The highest BCUT2D eigenvalue weighted by Gasteiger charge is 2.43. The Bertz CT molecular complexity index is 832. The molecule has 1 aliphatic carbocycles. The van der Waals surface area contributed by atoms with E-state index in [4.69, 9.17) is 9.73 Å². The van der Waals surface area contributed by atoms with Crippen molar-refractivity contribution >= 4 is 29.9 Å². The van der Waals surface area contributed by atoms with Gasteiger partial charge < -0.3 is 15.4 Å². The normalized spacial score (nSPS) is 18.2. The highest BCUT2D eigenvalue weighted by atomic mass is 127. The first kappa shape index (κ1) is 24.0. The molecule has 2 N–H and O–H groups in total. The zero-order valence-electron chi connectivity index (χ0n) is 18.5. The summed E-state index contributed by atoms with van der Waals surface area (Å²) in [5.74, 6) is 0.901. The van der Waals surface area contributed by atoms with E-state index in [9.17, 15) is 0 Å². The van der Waals surface area contributed by atoms with Crippen LogP contribution in [0.25, 0.3) is 0 Å². The van der Waals surface area contributed by atoms with Crippen molar-refractivity contribution in [2.24, 2.45) is 4.99 Å². The Morgan fingerprint density at radius 3 is 2.45 bits per heavy atom. The van der Waals surface area contributed by atoms with Crippen LogP contribution < -0.4 is 10.6 Å². The minimum Gasteiger partial charge on any atom is -0.379 e. The summed E-state index contributed by atoms with van der Waals surface area (Å²) in [4.78, 5) is 7.31. The van der Waals surface area contributed by atoms with E-state index in [0.717, 1.165) is 51.9 Å². The van der Waals surface area contributed by atoms with Gasteiger partial charge in [-0.3, -0.25) is 4.90 Å². The lowest BCUT2D eigenvalue weighted by Crippen LogP contribution is -2.41. The van der Waals surface area contributed by atoms with Crippen LogP contribution in [0.15, 0.2) is 59.6 Å². The van der Waals surface area contributed by atoms with E-state index in [1.165, 1.54) is 29.5 Å². The van der Waals surface area contributed by atoms with Crippen LogP contribution in [0.1, 0.15) is 36.5 Å². The van der Waals surface area contributed by atoms with Gasteiger partial charge in [0.25, 0.3) is 0 Å². The van der Waals surface area contributed by atoms with Gasteiger partial charge in [0.15, 0.2) is 5.96 Å². The van der Waals surface area contributed by atoms with E-state index >= 15 is 0 Å². The first-order valence-electron chi connectivity index (χ1n) is 11.2. The highest BCUT2D eigenvalue weighted by Crippen LogP contribution is 2.47. The maximum Gasteiger partial charge on any atom is 0.191 e. The molecule has 0 amide bonds. The third kappa shape index (κ3) is 6.92. The van der Waals surface area contributed by atoms with Crippen molar-refractivity contribution in [1.82, 2.24) is 15.5 Å². The first-order chi connectivity index (χ1) is 14.8. The lowest BCUT2D eigenvalue weighted by atomic mass is 9.96. The van der Waals surface area contributed by atoms with Gasteiger partial charge in [0.05, 0.1) is 19.8 Å². The summed E-state index contributed by atoms with van der Waals surface area (Å²) in [6.07, 6.45) is 2.49. The molecule has 2 aromatic carbocycles. The molecule has 2 aliphatic rings. The van der Waals surface area contributed by atoms with Gasteiger partial charge in [0, 0.05) is 38.1 Å². The molecule has 31 heavy (non-hydrogen) atoms. The lowest BCUT2D eigenvalue weighted by Gasteiger charge is -2.26. The molecular weight excluding hydrogens is 499 g/mol. The molecular formula is C25H35IN4O. The number of nitrogens with zero attached hydrogens (tertiary/aromatic N) is 2. The second-order valence-electron chi connectivity index (χ2n) is 8.40. The van der Waals surface area contributed by atoms with Crippen LogP contribution in [0, 0.1) is 0 Å². The molecule has 2 fully saturated rings. The maximum absolute atomic E-state index is 5.46. The van der Waals surface area contributed by atoms with Crippen LogP contribution in [0.5, 0.6) is 0 Å². The molecule has 0 spiro atoms. The summed E-state index contributed by atoms with van der Waals surface area (Å²) in [7, 11) is 0. The fraction of sp³-hybridized carbons (Fsp3) is 0.480. The van der Waals surface area contributed by atoms with Crippen molar-refractivity contribution in [2.45, 2.75) is 38.3 Å². The number of nitrogens with one attached hydrogen (secondary N) is 2. The van der Waals surface area contributed by atoms with Crippen LogP contribution in [0.2, 0.25) is 0 Å². The molecule has 0 unspecified atom stereocenters. The number of rotatable bonds is 8. The van der Waals surface area contributed by atoms with E-state index in [0.29, 0.717) is 6.54 Å². The molecule has 4 rings (SSSR count). The van der Waals surface area contributed by atoms with Crippen molar-refractivity contribution in [3.8, 4) is 0 Å². The standard InChI is InChI=1S/C25H34N4O.HI/c1-2-26-24(28-20-25(11-12-25)23-9-4-3-5-10-23)27-18-21-7-6-8-22(17-21)19-29-13-15-30-16-14-29;/h3-10,17H,2,11-16,18-20H2,1H3,(H2,26,27,28);1H. The molecule has 0 bridgehead atoms. The molecule has 1 saturated heterocycles. The molecule has 1 saturated carbocycles. The largest absolute Gasteiger partial charge is 0.379 e. The van der Waals surface area contributed by atoms with Crippen LogP contribution in [-0.2, 0) is 23.2 Å². The SMILES string of the molecule is CCNC(=NCc1cccc(CN2CCOCC2)c1)NCC1(c2ccccc2)CC1.I. The molecule has 1 heterocycles. The summed E-state index contributed by atoms with van der Waals surface area (Å²) in [5.41, 5.74) is 4.31. The molecule has 0 radical (unpaired) electrons. The van der Waals surface area contributed by atoms with Crippen molar-refractivity contribution in [3.05, 3.63) is 71.3 Å². The van der Waals surface area contributed by atoms with Gasteiger partial charge >= 0.3 is 0 Å². The second-order valence-corrected chi connectivity index (χ2v) is 8.40. The third-order valence-corrected chi connectivity index (χ3v) is 6.10. The van der Waals surface area contributed by atoms with E-state index in [1.807, 2.05) is 0 Å². The van der Waals surface area contributed by atoms with Crippen LogP contribution in [0.3, 0.4) is 0 Å². The average Bonchev–Trinajstić information content (AvgIpc) is 3.59. The van der Waals surface area contributed by atoms with E-state index in [2.05, 4.69) is 77.1 Å². The second kappa shape index (κ2) is 11.8. The number of morpholine rings is 1. The van der Waals surface area contributed by atoms with E-state index in [1.54, 1.807) is 0 Å². The molecule has 0 aromatic heterocycles. The molecule has 2 aromatic rings. The van der Waals surface area contributed by atoms with Crippen molar-refractivity contribution in [3.63, 3.8) is 0 Å². The van der Waals surface area contributed by atoms with Crippen molar-refractivity contribution < 1.29 is 4.74 Å². The lowest BCUT2D eigenvalue weighted by molar-refractivity contribution is 0.0342. The van der Waals surface area contributed by atoms with Crippen LogP contribution in [-0.4, -0.2) is 50.3 Å². The van der Waals surface area contributed by atoms with Gasteiger partial charge in [-0.1, -0.05) is 54.6 Å². The Morgan fingerprint density at radius 1 is 1.00 bits per heavy atom. The minimum absolute atomic E-state index is 0. The highest BCUT2D eigenvalue weighted by molar-refractivity contribution is 14.0. The summed E-state index contributed by atoms with van der Waals surface area (Å²) < 4.78 is 5.46. The number of aliphatic imine (C=N–C) groups is 1. The predicted octanol–water partition coefficient (Wildman–Crippen LogP) is 3.92. The minimum atomic E-state index is 0. The van der Waals surface area contributed by atoms with Gasteiger partial charge in [-0.15, -0.1) is 24.0 Å². The van der Waals surface area contributed by atoms with Crippen LogP contribution in [0.4, 0.5) is 0 Å². The monoisotopic (exact) mass is 534 g/mol. The summed E-state index contributed by atoms with van der Waals surface area (Å²) in [6, 6.07) is 19.7. The molecule has 1 aliphatic heterocycles. The van der Waals surface area contributed by atoms with Gasteiger partial charge in [0.1, 0.15) is 0 Å². The topological polar surface area (TPSA) is 48.9 Å². The fourth-order valence-electron chi connectivity index (χ4n) is 4.12. The number of ether oxygens (including phenoxy) is 1. The van der Waals surface area contributed by atoms with Crippen LogP contribution >= 0.6 is 24.0 Å². The predicted molar refractivity (Wildman–Crippen MR) is 138 cm³/mol. The smallest absolute Gasteiger partial charge is 0.191 e. The Labute approximate surface area is 203 Å². The summed E-state index contributed by atoms with van der Waals surface area (Å²) in [5, 5.41) is 6.99. The summed E-state index contributed by atoms with van der Waals surface area (Å²) >= 11 is 0. The Kier molecular flexibility index (Phi) is 9.16. The van der Waals surface area contributed by atoms with E-state index < -0.39 is 0 Å². The Hall–Kier alpha value is -1.64. The number of hydrogen-bond donors (Lipinski definition) is 2. The summed E-state index contributed by atoms with van der Waals surface area (Å²) in [6.45, 7) is 9.28. The van der Waals surface area contributed by atoms with Crippen molar-refractivity contribution in [2.75, 3.05) is 39.4 Å². The third-order valence-electron chi connectivity index (χ3n) is 6.10. The molecule has 168 valence electrons. The zero-order valence-corrected chi connectivity index (χ0v) is 20.8. The molecule has 5 nitrogen and oxygen atoms in total.